The monoisotopic (exact) mass is 401 g/mol. The molecule has 0 fully saturated rings. The molecule has 0 atom stereocenters. The molecule has 0 radical (unpaired) electrons. The minimum Gasteiger partial charge on any atom is -0.493 e. The van der Waals surface area contributed by atoms with Crippen LogP contribution in [0.4, 0.5) is 0 Å². The quantitative estimate of drug-likeness (QED) is 0.589. The largest absolute Gasteiger partial charge is 0.493 e. The van der Waals surface area contributed by atoms with Crippen LogP contribution < -0.4 is 20.3 Å². The second-order valence-electron chi connectivity index (χ2n) is 6.19. The van der Waals surface area contributed by atoms with E-state index < -0.39 is 0 Å². The lowest BCUT2D eigenvalue weighted by Crippen LogP contribution is -2.39. The molecule has 0 saturated heterocycles. The number of furan rings is 1. The Morgan fingerprint density at radius 2 is 1.96 bits per heavy atom. The summed E-state index contributed by atoms with van der Waals surface area (Å²) in [6.45, 7) is 3.47. The maximum absolute atomic E-state index is 12.7. The molecule has 0 spiro atoms. The molecule has 3 aromatic rings. The minimum absolute atomic E-state index is 0.177. The highest BCUT2D eigenvalue weighted by Crippen LogP contribution is 2.31. The number of H-pyrrole nitrogens is 1. The van der Waals surface area contributed by atoms with Gasteiger partial charge in [0.2, 0.25) is 0 Å². The van der Waals surface area contributed by atoms with Crippen LogP contribution in [0.15, 0.2) is 45.8 Å². The third-order valence-electron chi connectivity index (χ3n) is 4.33. The third kappa shape index (κ3) is 4.28. The fourth-order valence-electron chi connectivity index (χ4n) is 2.95. The lowest BCUT2D eigenvalue weighted by atomic mass is 10.1. The lowest BCUT2D eigenvalue weighted by Gasteiger charge is -2.24. The van der Waals surface area contributed by atoms with Gasteiger partial charge in [-0.25, -0.2) is 0 Å². The lowest BCUT2D eigenvalue weighted by molar-refractivity contribution is 0.351. The number of hydrogen-bond donors (Lipinski definition) is 2. The van der Waals surface area contributed by atoms with Gasteiger partial charge in [-0.05, 0) is 43.4 Å². The van der Waals surface area contributed by atoms with E-state index in [1.807, 2.05) is 36.1 Å². The van der Waals surface area contributed by atoms with E-state index in [2.05, 4.69) is 10.3 Å². The van der Waals surface area contributed by atoms with Crippen LogP contribution in [0.5, 0.6) is 11.5 Å². The number of nitrogens with one attached hydrogen (secondary N) is 2. The molecular formula is C20H23N3O4S. The second-order valence-corrected chi connectivity index (χ2v) is 6.58. The molecule has 0 aliphatic heterocycles. The molecule has 7 nitrogen and oxygen atoms in total. The normalized spacial score (nSPS) is 10.7. The van der Waals surface area contributed by atoms with Gasteiger partial charge in [0, 0.05) is 23.6 Å². The van der Waals surface area contributed by atoms with Crippen molar-refractivity contribution in [3.8, 4) is 11.5 Å². The maximum atomic E-state index is 12.7. The van der Waals surface area contributed by atoms with Gasteiger partial charge in [0.1, 0.15) is 5.76 Å². The van der Waals surface area contributed by atoms with Crippen molar-refractivity contribution in [3.05, 3.63) is 58.3 Å². The first-order valence-corrected chi connectivity index (χ1v) is 9.29. The molecule has 8 heteroatoms. The number of hydrogen-bond acceptors (Lipinski definition) is 5. The number of thiocarbonyl (C=S) groups is 1. The molecule has 2 heterocycles. The van der Waals surface area contributed by atoms with Crippen molar-refractivity contribution < 1.29 is 13.9 Å². The van der Waals surface area contributed by atoms with E-state index in [-0.39, 0.29) is 5.56 Å². The molecule has 0 saturated carbocycles. The van der Waals surface area contributed by atoms with Crippen LogP contribution in [0.1, 0.15) is 18.2 Å². The van der Waals surface area contributed by atoms with E-state index in [4.69, 9.17) is 26.1 Å². The number of ether oxygens (including phenoxy) is 2. The van der Waals surface area contributed by atoms with Crippen LogP contribution in [0.25, 0.3) is 10.9 Å². The van der Waals surface area contributed by atoms with Crippen molar-refractivity contribution >= 4 is 28.2 Å². The van der Waals surface area contributed by atoms with Gasteiger partial charge in [-0.2, -0.15) is 0 Å². The Labute approximate surface area is 168 Å². The van der Waals surface area contributed by atoms with Gasteiger partial charge in [0.15, 0.2) is 16.6 Å². The van der Waals surface area contributed by atoms with Crippen LogP contribution >= 0.6 is 12.2 Å². The topological polar surface area (TPSA) is 79.7 Å². The highest BCUT2D eigenvalue weighted by Gasteiger charge is 2.16. The summed E-state index contributed by atoms with van der Waals surface area (Å²) in [7, 11) is 3.14. The smallest absolute Gasteiger partial charge is 0.253 e. The number of methoxy groups -OCH3 is 2. The Morgan fingerprint density at radius 3 is 2.61 bits per heavy atom. The molecule has 0 aliphatic carbocycles. The van der Waals surface area contributed by atoms with Crippen molar-refractivity contribution in [1.29, 1.82) is 0 Å². The summed E-state index contributed by atoms with van der Waals surface area (Å²) in [4.78, 5) is 17.5. The first-order valence-electron chi connectivity index (χ1n) is 8.88. The Kier molecular flexibility index (Phi) is 6.20. The third-order valence-corrected chi connectivity index (χ3v) is 4.73. The first kappa shape index (κ1) is 19.8. The molecule has 1 aromatic carbocycles. The van der Waals surface area contributed by atoms with E-state index in [9.17, 15) is 4.79 Å². The average Bonchev–Trinajstić information content (AvgIpc) is 3.20. The molecule has 2 N–H and O–H groups in total. The Balaban J connectivity index is 1.96. The molecule has 0 amide bonds. The maximum Gasteiger partial charge on any atom is 0.253 e. The van der Waals surface area contributed by atoms with Gasteiger partial charge in [-0.15, -0.1) is 0 Å². The molecule has 28 heavy (non-hydrogen) atoms. The minimum atomic E-state index is -0.177. The van der Waals surface area contributed by atoms with Gasteiger partial charge in [0.05, 0.1) is 39.1 Å². The summed E-state index contributed by atoms with van der Waals surface area (Å²) in [5.74, 6) is 1.93. The molecule has 148 valence electrons. The van der Waals surface area contributed by atoms with Gasteiger partial charge >= 0.3 is 0 Å². The molecule has 3 rings (SSSR count). The number of nitrogens with zero attached hydrogens (tertiary/aromatic N) is 1. The van der Waals surface area contributed by atoms with Gasteiger partial charge < -0.3 is 29.1 Å². The highest BCUT2D eigenvalue weighted by molar-refractivity contribution is 7.80. The zero-order valence-electron chi connectivity index (χ0n) is 16.1. The van der Waals surface area contributed by atoms with Gasteiger partial charge in [0.25, 0.3) is 5.56 Å². The number of aromatic nitrogens is 1. The van der Waals surface area contributed by atoms with Crippen LogP contribution in [0.2, 0.25) is 0 Å². The van der Waals surface area contributed by atoms with E-state index >= 15 is 0 Å². The highest BCUT2D eigenvalue weighted by atomic mass is 32.1. The van der Waals surface area contributed by atoms with E-state index in [0.717, 1.165) is 11.1 Å². The van der Waals surface area contributed by atoms with Crippen molar-refractivity contribution in [3.63, 3.8) is 0 Å². The Bertz CT molecular complexity index is 1010. The van der Waals surface area contributed by atoms with Gasteiger partial charge in [-0.1, -0.05) is 0 Å². The first-order chi connectivity index (χ1) is 13.5. The second kappa shape index (κ2) is 8.79. The average molecular weight is 401 g/mol. The number of fused-ring (bicyclic) bond motifs is 1. The van der Waals surface area contributed by atoms with Gasteiger partial charge in [-0.3, -0.25) is 4.79 Å². The SMILES string of the molecule is CCNC(=S)N(Cc1ccco1)Cc1cc2cc(OC)c(OC)cc2[nH]c1=O. The number of rotatable bonds is 7. The number of aromatic amines is 1. The van der Waals surface area contributed by atoms with E-state index in [1.54, 1.807) is 26.5 Å². The van der Waals surface area contributed by atoms with Crippen LogP contribution in [-0.2, 0) is 13.1 Å². The van der Waals surface area contributed by atoms with Crippen molar-refractivity contribution in [1.82, 2.24) is 15.2 Å². The molecular weight excluding hydrogens is 378 g/mol. The summed E-state index contributed by atoms with van der Waals surface area (Å²) in [5.41, 5.74) is 1.09. The predicted octanol–water partition coefficient (Wildman–Crippen LogP) is 3.03. The summed E-state index contributed by atoms with van der Waals surface area (Å²) in [6.07, 6.45) is 1.62. The number of pyridine rings is 1. The Hall–Kier alpha value is -3.00. The van der Waals surface area contributed by atoms with Crippen LogP contribution in [0.3, 0.4) is 0 Å². The fraction of sp³-hybridized carbons (Fsp3) is 0.300. The number of benzene rings is 1. The van der Waals surface area contributed by atoms with Crippen molar-refractivity contribution in [2.75, 3.05) is 20.8 Å². The Morgan fingerprint density at radius 1 is 1.21 bits per heavy atom. The van der Waals surface area contributed by atoms with E-state index in [0.29, 0.717) is 47.3 Å². The summed E-state index contributed by atoms with van der Waals surface area (Å²) < 4.78 is 16.1. The van der Waals surface area contributed by atoms with Crippen LogP contribution in [-0.4, -0.2) is 35.8 Å². The summed E-state index contributed by atoms with van der Waals surface area (Å²) in [5, 5.41) is 4.54. The fourth-order valence-corrected chi connectivity index (χ4v) is 3.23. The standard InChI is InChI=1S/C20H23N3O4S/c1-4-21-20(28)23(12-15-6-5-7-27-15)11-14-8-13-9-17(25-2)18(26-3)10-16(13)22-19(14)24/h5-10H,4,11-12H2,1-3H3,(H,21,28)(H,22,24). The zero-order chi connectivity index (χ0) is 20.1. The van der Waals surface area contributed by atoms with E-state index in [1.165, 1.54) is 0 Å². The predicted molar refractivity (Wildman–Crippen MR) is 112 cm³/mol. The summed E-state index contributed by atoms with van der Waals surface area (Å²) >= 11 is 5.48. The van der Waals surface area contributed by atoms with Crippen LogP contribution in [0, 0.1) is 0 Å². The molecule has 2 aromatic heterocycles. The van der Waals surface area contributed by atoms with Crippen molar-refractivity contribution in [2.45, 2.75) is 20.0 Å². The summed E-state index contributed by atoms with van der Waals surface area (Å²) in [6, 6.07) is 9.14. The zero-order valence-corrected chi connectivity index (χ0v) is 16.9. The molecule has 0 bridgehead atoms. The molecule has 0 aliphatic rings. The van der Waals surface area contributed by atoms with Crippen molar-refractivity contribution in [2.24, 2.45) is 0 Å². The molecule has 0 unspecified atom stereocenters.